The molecule has 1 atom stereocenters. The Bertz CT molecular complexity index is 860. The third-order valence-electron chi connectivity index (χ3n) is 4.32. The Morgan fingerprint density at radius 2 is 2.14 bits per heavy atom. The van der Waals surface area contributed by atoms with Crippen molar-refractivity contribution in [1.29, 1.82) is 0 Å². The van der Waals surface area contributed by atoms with E-state index >= 15 is 0 Å². The second-order valence-corrected chi connectivity index (χ2v) is 6.28. The topological polar surface area (TPSA) is 67.4 Å². The Hall–Kier alpha value is -2.91. The summed E-state index contributed by atoms with van der Waals surface area (Å²) in [5.74, 6) is -0.797. The summed E-state index contributed by atoms with van der Waals surface area (Å²) in [5, 5.41) is 2.44. The van der Waals surface area contributed by atoms with Crippen molar-refractivity contribution >= 4 is 11.7 Å². The molecule has 1 aliphatic heterocycles. The quantitative estimate of drug-likeness (QED) is 0.794. The number of aryl methyl sites for hydroxylation is 1. The van der Waals surface area contributed by atoms with E-state index in [9.17, 15) is 22.4 Å². The second-order valence-electron chi connectivity index (χ2n) is 6.28. The van der Waals surface area contributed by atoms with Crippen LogP contribution in [0.3, 0.4) is 0 Å². The molecular weight excluding hydrogens is 380 g/mol. The van der Waals surface area contributed by atoms with Crippen LogP contribution in [0.15, 0.2) is 30.6 Å². The lowest BCUT2D eigenvalue weighted by Crippen LogP contribution is -2.34. The number of hydrogen-bond donors (Lipinski definition) is 1. The molecular formula is C18H18F4N4O2. The molecule has 1 aromatic carbocycles. The van der Waals surface area contributed by atoms with Crippen molar-refractivity contribution in [2.75, 3.05) is 18.4 Å². The predicted molar refractivity (Wildman–Crippen MR) is 92.4 cm³/mol. The van der Waals surface area contributed by atoms with Gasteiger partial charge in [-0.15, -0.1) is 0 Å². The summed E-state index contributed by atoms with van der Waals surface area (Å²) in [4.78, 5) is 21.3. The van der Waals surface area contributed by atoms with Crippen LogP contribution in [-0.2, 0) is 12.6 Å². The molecule has 6 nitrogen and oxygen atoms in total. The number of halogens is 4. The van der Waals surface area contributed by atoms with Gasteiger partial charge in [-0.25, -0.2) is 9.78 Å². The minimum atomic E-state index is -4.49. The molecule has 1 fully saturated rings. The van der Waals surface area contributed by atoms with Crippen molar-refractivity contribution < 1.29 is 27.1 Å². The number of ether oxygens (including phenoxy) is 1. The van der Waals surface area contributed by atoms with E-state index in [-0.39, 0.29) is 23.8 Å². The van der Waals surface area contributed by atoms with Crippen LogP contribution in [0.1, 0.15) is 24.6 Å². The molecule has 0 aliphatic carbocycles. The van der Waals surface area contributed by atoms with Gasteiger partial charge in [0.2, 0.25) is 5.82 Å². The van der Waals surface area contributed by atoms with Gasteiger partial charge in [-0.3, -0.25) is 0 Å². The van der Waals surface area contributed by atoms with Gasteiger partial charge in [0.05, 0.1) is 17.8 Å². The molecule has 0 saturated carbocycles. The molecule has 1 saturated heterocycles. The van der Waals surface area contributed by atoms with Crippen LogP contribution in [0, 0.1) is 5.82 Å². The summed E-state index contributed by atoms with van der Waals surface area (Å²) in [6.07, 6.45) is -2.92. The number of hydrogen-bond acceptors (Lipinski definition) is 4. The van der Waals surface area contributed by atoms with Gasteiger partial charge in [-0.1, -0.05) is 13.0 Å². The van der Waals surface area contributed by atoms with Gasteiger partial charge < -0.3 is 15.0 Å². The zero-order valence-electron chi connectivity index (χ0n) is 15.0. The lowest BCUT2D eigenvalue weighted by atomic mass is 10.2. The lowest BCUT2D eigenvalue weighted by molar-refractivity contribution is -0.137. The summed E-state index contributed by atoms with van der Waals surface area (Å²) in [7, 11) is 0. The van der Waals surface area contributed by atoms with Gasteiger partial charge in [0.15, 0.2) is 0 Å². The molecule has 3 rings (SSSR count). The van der Waals surface area contributed by atoms with Crippen molar-refractivity contribution in [2.45, 2.75) is 32.0 Å². The molecule has 0 bridgehead atoms. The van der Waals surface area contributed by atoms with Crippen LogP contribution < -0.4 is 10.1 Å². The highest BCUT2D eigenvalue weighted by Crippen LogP contribution is 2.31. The third kappa shape index (κ3) is 4.49. The number of alkyl halides is 3. The summed E-state index contributed by atoms with van der Waals surface area (Å²) >= 11 is 0. The van der Waals surface area contributed by atoms with E-state index in [1.54, 1.807) is 6.92 Å². The van der Waals surface area contributed by atoms with E-state index in [1.165, 1.54) is 23.4 Å². The van der Waals surface area contributed by atoms with Crippen molar-refractivity contribution in [2.24, 2.45) is 0 Å². The van der Waals surface area contributed by atoms with Crippen LogP contribution in [-0.4, -0.2) is 40.1 Å². The number of urea groups is 1. The van der Waals surface area contributed by atoms with E-state index in [4.69, 9.17) is 4.74 Å². The Kier molecular flexibility index (Phi) is 5.66. The molecule has 2 aromatic rings. The third-order valence-corrected chi connectivity index (χ3v) is 4.32. The molecule has 1 N–H and O–H groups in total. The van der Waals surface area contributed by atoms with Gasteiger partial charge in [0.1, 0.15) is 12.4 Å². The van der Waals surface area contributed by atoms with Crippen molar-refractivity contribution in [1.82, 2.24) is 14.9 Å². The molecule has 1 aromatic heterocycles. The fourth-order valence-corrected chi connectivity index (χ4v) is 2.86. The molecule has 10 heteroatoms. The Morgan fingerprint density at radius 3 is 2.86 bits per heavy atom. The summed E-state index contributed by atoms with van der Waals surface area (Å²) < 4.78 is 58.0. The summed E-state index contributed by atoms with van der Waals surface area (Å²) in [6, 6.07) is 3.83. The first-order chi connectivity index (χ1) is 13.3. The van der Waals surface area contributed by atoms with Gasteiger partial charge in [0, 0.05) is 18.7 Å². The second kappa shape index (κ2) is 7.99. The fourth-order valence-electron chi connectivity index (χ4n) is 2.86. The number of carbonyl (C=O) groups is 1. The van der Waals surface area contributed by atoms with E-state index in [1.807, 2.05) is 0 Å². The maximum absolute atomic E-state index is 14.2. The van der Waals surface area contributed by atoms with Crippen LogP contribution in [0.2, 0.25) is 0 Å². The highest BCUT2D eigenvalue weighted by Gasteiger charge is 2.32. The lowest BCUT2D eigenvalue weighted by Gasteiger charge is -2.18. The van der Waals surface area contributed by atoms with Crippen LogP contribution in [0.5, 0.6) is 5.88 Å². The number of nitrogens with one attached hydrogen (secondary N) is 1. The first kappa shape index (κ1) is 19.8. The van der Waals surface area contributed by atoms with Crippen LogP contribution in [0.4, 0.5) is 28.0 Å². The van der Waals surface area contributed by atoms with Gasteiger partial charge in [-0.2, -0.15) is 22.5 Å². The average Bonchev–Trinajstić information content (AvgIpc) is 3.12. The monoisotopic (exact) mass is 398 g/mol. The molecule has 2 heterocycles. The zero-order chi connectivity index (χ0) is 20.3. The van der Waals surface area contributed by atoms with E-state index in [0.717, 1.165) is 12.1 Å². The first-order valence-corrected chi connectivity index (χ1v) is 8.67. The fraction of sp³-hybridized carbons (Fsp3) is 0.389. The molecule has 0 radical (unpaired) electrons. The predicted octanol–water partition coefficient (Wildman–Crippen LogP) is 3.88. The van der Waals surface area contributed by atoms with E-state index in [2.05, 4.69) is 15.3 Å². The van der Waals surface area contributed by atoms with Crippen LogP contribution in [0.25, 0.3) is 0 Å². The van der Waals surface area contributed by atoms with Gasteiger partial charge in [0.25, 0.3) is 5.88 Å². The van der Waals surface area contributed by atoms with Crippen LogP contribution >= 0.6 is 0 Å². The van der Waals surface area contributed by atoms with Crippen molar-refractivity contribution in [3.8, 4) is 5.88 Å². The number of rotatable bonds is 4. The number of aromatic nitrogens is 2. The number of nitrogens with zero attached hydrogens (tertiary/aromatic N) is 3. The minimum Gasteiger partial charge on any atom is -0.470 e. The smallest absolute Gasteiger partial charge is 0.416 e. The summed E-state index contributed by atoms with van der Waals surface area (Å²) in [6.45, 7) is 2.24. The molecule has 28 heavy (non-hydrogen) atoms. The Morgan fingerprint density at radius 1 is 1.36 bits per heavy atom. The Balaban J connectivity index is 1.60. The van der Waals surface area contributed by atoms with Gasteiger partial charge in [-0.05, 0) is 24.6 Å². The SMILES string of the molecule is CCc1ncnc(O[C@@H]2CCN(C(=O)Nc3cccc(C(F)(F)F)c3)C2)c1F. The maximum atomic E-state index is 14.2. The standard InChI is InChI=1S/C18H18F4N4O2/c1-2-14-15(19)16(24-10-23-14)28-13-6-7-26(9-13)17(27)25-12-5-3-4-11(8-12)18(20,21)22/h3-5,8,10,13H,2,6-7,9H2,1H3,(H,25,27)/t13-/m1/s1. The molecule has 150 valence electrons. The Labute approximate surface area is 158 Å². The highest BCUT2D eigenvalue weighted by molar-refractivity contribution is 5.89. The number of likely N-dealkylation sites (tertiary alicyclic amines) is 1. The van der Waals surface area contributed by atoms with Crippen molar-refractivity contribution in [3.05, 3.63) is 47.7 Å². The molecule has 0 unspecified atom stereocenters. The average molecular weight is 398 g/mol. The van der Waals surface area contributed by atoms with Gasteiger partial charge >= 0.3 is 12.2 Å². The number of amides is 2. The maximum Gasteiger partial charge on any atom is 0.416 e. The number of anilines is 1. The first-order valence-electron chi connectivity index (χ1n) is 8.67. The minimum absolute atomic E-state index is 0.0404. The molecule has 1 aliphatic rings. The zero-order valence-corrected chi connectivity index (χ0v) is 15.0. The number of carbonyl (C=O) groups excluding carboxylic acids is 1. The highest BCUT2D eigenvalue weighted by atomic mass is 19.4. The molecule has 0 spiro atoms. The largest absolute Gasteiger partial charge is 0.470 e. The van der Waals surface area contributed by atoms with E-state index in [0.29, 0.717) is 19.4 Å². The van der Waals surface area contributed by atoms with Crippen molar-refractivity contribution in [3.63, 3.8) is 0 Å². The van der Waals surface area contributed by atoms with E-state index < -0.39 is 29.7 Å². The molecule has 2 amide bonds. The summed E-state index contributed by atoms with van der Waals surface area (Å²) in [5.41, 5.74) is -0.570. The normalized spacial score (nSPS) is 16.9. The number of benzene rings is 1.